The van der Waals surface area contributed by atoms with Gasteiger partial charge < -0.3 is 29.4 Å². The topological polar surface area (TPSA) is 76.6 Å². The van der Waals surface area contributed by atoms with Crippen molar-refractivity contribution in [1.29, 1.82) is 0 Å². The van der Waals surface area contributed by atoms with Gasteiger partial charge in [-0.1, -0.05) is 6.07 Å². The third-order valence-electron chi connectivity index (χ3n) is 8.47. The van der Waals surface area contributed by atoms with Gasteiger partial charge in [-0.15, -0.1) is 0 Å². The van der Waals surface area contributed by atoms with Gasteiger partial charge in [0.2, 0.25) is 5.91 Å². The molecule has 0 radical (unpaired) electrons. The number of nitrogens with zero attached hydrogens (tertiary/aromatic N) is 4. The number of ether oxygens (including phenoxy) is 1. The van der Waals surface area contributed by atoms with Gasteiger partial charge in [0, 0.05) is 63.6 Å². The lowest BCUT2D eigenvalue weighted by atomic mass is 9.78. The number of likely N-dealkylation sites (tertiary alicyclic amines) is 2. The number of aliphatic hydroxyl groups is 1. The highest BCUT2D eigenvalue weighted by molar-refractivity contribution is 5.86. The van der Waals surface area contributed by atoms with E-state index in [4.69, 9.17) is 4.74 Å². The summed E-state index contributed by atoms with van der Waals surface area (Å²) in [6, 6.07) is 8.40. The molecule has 4 fully saturated rings. The Kier molecular flexibility index (Phi) is 6.60. The Hall–Kier alpha value is -2.48. The second kappa shape index (κ2) is 9.64. The lowest BCUT2D eigenvalue weighted by Crippen LogP contribution is -2.57. The van der Waals surface area contributed by atoms with Gasteiger partial charge in [-0.25, -0.2) is 4.79 Å². The number of aliphatic hydroxyl groups excluding tert-OH is 1. The fourth-order valence-corrected chi connectivity index (χ4v) is 6.40. The molecule has 186 valence electrons. The second-order valence-corrected chi connectivity index (χ2v) is 10.5. The first-order valence-corrected chi connectivity index (χ1v) is 12.9. The molecule has 4 aliphatic rings. The highest BCUT2D eigenvalue weighted by Gasteiger charge is 2.51. The molecule has 8 heteroatoms. The van der Waals surface area contributed by atoms with Crippen LogP contribution in [0.25, 0.3) is 0 Å². The molecule has 8 nitrogen and oxygen atoms in total. The average molecular weight is 471 g/mol. The molecule has 1 unspecified atom stereocenters. The molecule has 0 aromatic heterocycles. The summed E-state index contributed by atoms with van der Waals surface area (Å²) in [6.07, 6.45) is 5.76. The van der Waals surface area contributed by atoms with E-state index >= 15 is 0 Å². The maximum Gasteiger partial charge on any atom is 0.320 e. The van der Waals surface area contributed by atoms with Crippen molar-refractivity contribution in [1.82, 2.24) is 14.7 Å². The van der Waals surface area contributed by atoms with Crippen molar-refractivity contribution >= 4 is 17.6 Å². The van der Waals surface area contributed by atoms with Crippen LogP contribution in [0.5, 0.6) is 5.75 Å². The number of hydrogen-bond acceptors (Lipinski definition) is 5. The van der Waals surface area contributed by atoms with Crippen LogP contribution in [0, 0.1) is 5.41 Å². The van der Waals surface area contributed by atoms with Gasteiger partial charge in [-0.05, 0) is 57.1 Å². The Morgan fingerprint density at radius 3 is 2.50 bits per heavy atom. The summed E-state index contributed by atoms with van der Waals surface area (Å²) >= 11 is 0. The number of urea groups is 1. The first-order chi connectivity index (χ1) is 16.5. The molecule has 5 rings (SSSR count). The lowest BCUT2D eigenvalue weighted by molar-refractivity contribution is -0.141. The zero-order chi connectivity index (χ0) is 23.7. The minimum atomic E-state index is -0.410. The number of carbonyl (C=O) groups excluding carboxylic acids is 2. The molecule has 1 atom stereocenters. The summed E-state index contributed by atoms with van der Waals surface area (Å²) in [6.45, 7) is 5.03. The van der Waals surface area contributed by atoms with E-state index in [0.29, 0.717) is 19.6 Å². The van der Waals surface area contributed by atoms with Crippen LogP contribution in [0.3, 0.4) is 0 Å². The van der Waals surface area contributed by atoms with Crippen LogP contribution in [0.4, 0.5) is 10.5 Å². The van der Waals surface area contributed by atoms with Crippen molar-refractivity contribution in [2.24, 2.45) is 5.41 Å². The molecular formula is C26H38N4O4. The van der Waals surface area contributed by atoms with E-state index in [-0.39, 0.29) is 24.1 Å². The number of methoxy groups -OCH3 is 1. The predicted octanol–water partition coefficient (Wildman–Crippen LogP) is 2.56. The molecule has 1 spiro atoms. The van der Waals surface area contributed by atoms with Crippen LogP contribution in [0.2, 0.25) is 0 Å². The molecule has 1 saturated carbocycles. The molecule has 3 aliphatic heterocycles. The summed E-state index contributed by atoms with van der Waals surface area (Å²) in [5.74, 6) is 1.09. The zero-order valence-corrected chi connectivity index (χ0v) is 20.3. The number of carbonyl (C=O) groups is 2. The Labute approximate surface area is 202 Å². The van der Waals surface area contributed by atoms with Gasteiger partial charge in [-0.2, -0.15) is 0 Å². The van der Waals surface area contributed by atoms with Crippen molar-refractivity contribution in [3.63, 3.8) is 0 Å². The largest absolute Gasteiger partial charge is 0.497 e. The highest BCUT2D eigenvalue weighted by atomic mass is 16.5. The molecule has 3 saturated heterocycles. The maximum absolute atomic E-state index is 13.6. The first kappa shape index (κ1) is 23.3. The summed E-state index contributed by atoms with van der Waals surface area (Å²) in [7, 11) is 1.68. The molecule has 1 aliphatic carbocycles. The molecule has 3 amide bonds. The van der Waals surface area contributed by atoms with E-state index in [1.54, 1.807) is 7.11 Å². The number of piperazine rings is 1. The van der Waals surface area contributed by atoms with Gasteiger partial charge in [0.1, 0.15) is 5.75 Å². The van der Waals surface area contributed by atoms with Crippen molar-refractivity contribution < 1.29 is 19.4 Å². The zero-order valence-electron chi connectivity index (χ0n) is 20.3. The van der Waals surface area contributed by atoms with Gasteiger partial charge in [0.25, 0.3) is 0 Å². The Morgan fingerprint density at radius 1 is 1.00 bits per heavy atom. The quantitative estimate of drug-likeness (QED) is 0.735. The van der Waals surface area contributed by atoms with Gasteiger partial charge in [0.05, 0.1) is 18.6 Å². The molecule has 0 bridgehead atoms. The van der Waals surface area contributed by atoms with Crippen molar-refractivity contribution in [2.45, 2.75) is 57.1 Å². The summed E-state index contributed by atoms with van der Waals surface area (Å²) in [5.41, 5.74) is 0.710. The highest BCUT2D eigenvalue weighted by Crippen LogP contribution is 2.42. The minimum absolute atomic E-state index is 0.0800. The Balaban J connectivity index is 1.18. The molecular weight excluding hydrogens is 432 g/mol. The van der Waals surface area contributed by atoms with Crippen LogP contribution < -0.4 is 9.64 Å². The van der Waals surface area contributed by atoms with E-state index < -0.39 is 5.41 Å². The normalized spacial score (nSPS) is 30.2. The second-order valence-electron chi connectivity index (χ2n) is 10.5. The minimum Gasteiger partial charge on any atom is -0.497 e. The van der Waals surface area contributed by atoms with E-state index in [0.717, 1.165) is 82.6 Å². The number of piperidine rings is 1. The summed E-state index contributed by atoms with van der Waals surface area (Å²) in [5, 5.41) is 9.84. The monoisotopic (exact) mass is 470 g/mol. The van der Waals surface area contributed by atoms with E-state index in [1.165, 1.54) is 0 Å². The van der Waals surface area contributed by atoms with E-state index in [1.807, 2.05) is 28.0 Å². The van der Waals surface area contributed by atoms with Crippen LogP contribution >= 0.6 is 0 Å². The van der Waals surface area contributed by atoms with Crippen molar-refractivity contribution in [2.75, 3.05) is 57.8 Å². The Morgan fingerprint density at radius 2 is 1.76 bits per heavy atom. The summed E-state index contributed by atoms with van der Waals surface area (Å²) < 4.78 is 5.35. The molecule has 34 heavy (non-hydrogen) atoms. The van der Waals surface area contributed by atoms with Gasteiger partial charge in [-0.3, -0.25) is 4.79 Å². The van der Waals surface area contributed by atoms with Crippen LogP contribution in [0.15, 0.2) is 24.3 Å². The lowest BCUT2D eigenvalue weighted by Gasteiger charge is -2.43. The van der Waals surface area contributed by atoms with Crippen LogP contribution in [0.1, 0.15) is 44.9 Å². The summed E-state index contributed by atoms with van der Waals surface area (Å²) in [4.78, 5) is 35.2. The van der Waals surface area contributed by atoms with Gasteiger partial charge in [0.15, 0.2) is 0 Å². The van der Waals surface area contributed by atoms with Crippen LogP contribution in [-0.4, -0.2) is 96.8 Å². The standard InChI is InChI=1S/C26H38N4O4/c1-34-23-5-2-4-21(18-23)27-14-16-28(17-15-27)25(33)29-12-3-10-26(19-29)11-13-30(24(26)32)20-6-8-22(31)9-7-20/h2,4-5,18,20,22,31H,3,6-17,19H2,1H3. The smallest absolute Gasteiger partial charge is 0.320 e. The SMILES string of the molecule is COc1cccc(N2CCN(C(=O)N3CCCC4(CCN(C5CCC(O)CC5)C4=O)C3)CC2)c1. The molecule has 1 N–H and O–H groups in total. The molecule has 1 aromatic rings. The third kappa shape index (κ3) is 4.44. The first-order valence-electron chi connectivity index (χ1n) is 12.9. The average Bonchev–Trinajstić information content (AvgIpc) is 3.19. The number of anilines is 1. The van der Waals surface area contributed by atoms with E-state index in [2.05, 4.69) is 15.9 Å². The third-order valence-corrected chi connectivity index (χ3v) is 8.47. The van der Waals surface area contributed by atoms with Gasteiger partial charge >= 0.3 is 6.03 Å². The predicted molar refractivity (Wildman–Crippen MR) is 130 cm³/mol. The van der Waals surface area contributed by atoms with Crippen LogP contribution in [-0.2, 0) is 4.79 Å². The molecule has 1 aromatic carbocycles. The van der Waals surface area contributed by atoms with Crippen molar-refractivity contribution in [3.8, 4) is 5.75 Å². The number of benzene rings is 1. The molecule has 3 heterocycles. The fourth-order valence-electron chi connectivity index (χ4n) is 6.40. The van der Waals surface area contributed by atoms with Crippen molar-refractivity contribution in [3.05, 3.63) is 24.3 Å². The number of amides is 3. The maximum atomic E-state index is 13.6. The Bertz CT molecular complexity index is 895. The fraction of sp³-hybridized carbons (Fsp3) is 0.692. The number of rotatable bonds is 3. The van der Waals surface area contributed by atoms with E-state index in [9.17, 15) is 14.7 Å². The number of hydrogen-bond donors (Lipinski definition) is 1.